The predicted octanol–water partition coefficient (Wildman–Crippen LogP) is 4.84. The molecule has 3 N–H and O–H groups in total. The van der Waals surface area contributed by atoms with Crippen LogP contribution in [0.25, 0.3) is 22.6 Å². The van der Waals surface area contributed by atoms with Crippen molar-refractivity contribution in [2.75, 3.05) is 0 Å². The number of pyridine rings is 3. The number of ether oxygens (including phenoxy) is 1. The SMILES string of the molecule is N=CN=C(N)c1cc2c(cn1)nc(-c1ncccc1OC(F)F)n2C1CCCC(c2cc(F)ccn2)C1. The molecule has 1 aliphatic carbocycles. The van der Waals surface area contributed by atoms with E-state index in [0.717, 1.165) is 25.6 Å². The van der Waals surface area contributed by atoms with E-state index in [4.69, 9.17) is 20.9 Å². The fourth-order valence-electron chi connectivity index (χ4n) is 4.87. The summed E-state index contributed by atoms with van der Waals surface area (Å²) in [5, 5.41) is 7.21. The van der Waals surface area contributed by atoms with E-state index >= 15 is 0 Å². The molecule has 0 aromatic carbocycles. The van der Waals surface area contributed by atoms with Gasteiger partial charge in [-0.3, -0.25) is 15.4 Å². The Bertz CT molecular complexity index is 1470. The number of fused-ring (bicyclic) bond motifs is 1. The number of imidazole rings is 1. The Morgan fingerprint density at radius 1 is 1.19 bits per heavy atom. The van der Waals surface area contributed by atoms with Crippen LogP contribution in [0.1, 0.15) is 49.0 Å². The van der Waals surface area contributed by atoms with Gasteiger partial charge in [0, 0.05) is 30.0 Å². The molecular weight excluding hydrogens is 485 g/mol. The molecule has 2 atom stereocenters. The summed E-state index contributed by atoms with van der Waals surface area (Å²) in [4.78, 5) is 21.5. The topological polar surface area (TPSA) is 128 Å². The second-order valence-electron chi connectivity index (χ2n) is 8.65. The minimum absolute atomic E-state index is 0.00822. The van der Waals surface area contributed by atoms with Crippen molar-refractivity contribution in [2.45, 2.75) is 44.3 Å². The average Bonchev–Trinajstić information content (AvgIpc) is 3.27. The third kappa shape index (κ3) is 4.99. The maximum Gasteiger partial charge on any atom is 0.387 e. The van der Waals surface area contributed by atoms with Crippen LogP contribution in [0, 0.1) is 11.2 Å². The molecule has 0 aliphatic heterocycles. The first-order chi connectivity index (χ1) is 17.9. The summed E-state index contributed by atoms with van der Waals surface area (Å²) in [6, 6.07) is 7.25. The molecule has 4 aromatic heterocycles. The molecule has 9 nitrogen and oxygen atoms in total. The molecule has 2 unspecified atom stereocenters. The van der Waals surface area contributed by atoms with Gasteiger partial charge in [-0.2, -0.15) is 8.78 Å². The van der Waals surface area contributed by atoms with E-state index in [1.807, 2.05) is 4.57 Å². The Kier molecular flexibility index (Phi) is 6.80. The van der Waals surface area contributed by atoms with Crippen LogP contribution in [-0.4, -0.2) is 43.3 Å². The largest absolute Gasteiger partial charge is 0.432 e. The molecule has 0 saturated heterocycles. The van der Waals surface area contributed by atoms with E-state index in [2.05, 4.69) is 19.9 Å². The molecule has 1 fully saturated rings. The molecule has 1 aliphatic rings. The van der Waals surface area contributed by atoms with Crippen molar-refractivity contribution in [1.29, 1.82) is 5.41 Å². The van der Waals surface area contributed by atoms with Crippen LogP contribution >= 0.6 is 0 Å². The lowest BCUT2D eigenvalue weighted by Crippen LogP contribution is -2.20. The number of rotatable bonds is 7. The van der Waals surface area contributed by atoms with Crippen molar-refractivity contribution in [3.8, 4) is 17.3 Å². The molecule has 0 bridgehead atoms. The third-order valence-electron chi connectivity index (χ3n) is 6.41. The van der Waals surface area contributed by atoms with Crippen LogP contribution in [0.2, 0.25) is 0 Å². The van der Waals surface area contributed by atoms with E-state index in [0.29, 0.717) is 34.7 Å². The van der Waals surface area contributed by atoms with Gasteiger partial charge in [0.15, 0.2) is 17.4 Å². The minimum atomic E-state index is -3.04. The molecule has 0 amide bonds. The number of hydrogen-bond acceptors (Lipinski definition) is 6. The number of alkyl halides is 2. The van der Waals surface area contributed by atoms with E-state index in [1.54, 1.807) is 6.07 Å². The Balaban J connectivity index is 1.67. The van der Waals surface area contributed by atoms with Crippen LogP contribution in [-0.2, 0) is 0 Å². The summed E-state index contributed by atoms with van der Waals surface area (Å²) in [5.41, 5.74) is 8.30. The summed E-state index contributed by atoms with van der Waals surface area (Å²) >= 11 is 0. The van der Waals surface area contributed by atoms with E-state index in [-0.39, 0.29) is 35.1 Å². The second kappa shape index (κ2) is 10.3. The molecule has 190 valence electrons. The summed E-state index contributed by atoms with van der Waals surface area (Å²) in [5.74, 6) is -0.0703. The summed E-state index contributed by atoms with van der Waals surface area (Å²) in [6.45, 7) is -3.04. The highest BCUT2D eigenvalue weighted by Crippen LogP contribution is 2.42. The van der Waals surface area contributed by atoms with Crippen LogP contribution in [0.3, 0.4) is 0 Å². The number of nitrogens with one attached hydrogen (secondary N) is 1. The molecule has 37 heavy (non-hydrogen) atoms. The van der Waals surface area contributed by atoms with Crippen molar-refractivity contribution < 1.29 is 17.9 Å². The van der Waals surface area contributed by atoms with Crippen molar-refractivity contribution >= 4 is 23.2 Å². The maximum absolute atomic E-state index is 13.9. The minimum Gasteiger partial charge on any atom is -0.432 e. The van der Waals surface area contributed by atoms with E-state index < -0.39 is 6.61 Å². The van der Waals surface area contributed by atoms with Gasteiger partial charge in [-0.25, -0.2) is 19.4 Å². The van der Waals surface area contributed by atoms with Gasteiger partial charge in [-0.1, -0.05) is 6.42 Å². The Labute approximate surface area is 209 Å². The second-order valence-corrected chi connectivity index (χ2v) is 8.65. The highest BCUT2D eigenvalue weighted by Gasteiger charge is 2.30. The van der Waals surface area contributed by atoms with Gasteiger partial charge in [-0.05, 0) is 49.6 Å². The predicted molar refractivity (Wildman–Crippen MR) is 131 cm³/mol. The van der Waals surface area contributed by atoms with Gasteiger partial charge in [0.05, 0.1) is 11.7 Å². The summed E-state index contributed by atoms with van der Waals surface area (Å²) in [6.07, 6.45) is 8.34. The van der Waals surface area contributed by atoms with E-state index in [1.165, 1.54) is 42.9 Å². The Morgan fingerprint density at radius 2 is 2.05 bits per heavy atom. The number of nitrogens with zero attached hydrogens (tertiary/aromatic N) is 6. The van der Waals surface area contributed by atoms with Crippen molar-refractivity contribution in [3.05, 3.63) is 66.1 Å². The van der Waals surface area contributed by atoms with Gasteiger partial charge >= 0.3 is 6.61 Å². The normalized spacial score (nSPS) is 18.3. The van der Waals surface area contributed by atoms with Crippen LogP contribution in [0.15, 0.2) is 53.9 Å². The van der Waals surface area contributed by atoms with Gasteiger partial charge in [0.1, 0.15) is 29.1 Å². The molecule has 0 radical (unpaired) electrons. The van der Waals surface area contributed by atoms with Crippen molar-refractivity contribution in [1.82, 2.24) is 24.5 Å². The molecule has 12 heteroatoms. The number of aliphatic imine (C=N–C) groups is 1. The fourth-order valence-corrected chi connectivity index (χ4v) is 4.87. The number of amidine groups is 1. The fraction of sp³-hybridized carbons (Fsp3) is 0.280. The van der Waals surface area contributed by atoms with Gasteiger partial charge in [0.25, 0.3) is 0 Å². The van der Waals surface area contributed by atoms with Crippen molar-refractivity contribution in [2.24, 2.45) is 10.7 Å². The Hall–Kier alpha value is -4.35. The first-order valence-electron chi connectivity index (χ1n) is 11.7. The van der Waals surface area contributed by atoms with Gasteiger partial charge < -0.3 is 15.0 Å². The summed E-state index contributed by atoms with van der Waals surface area (Å²) in [7, 11) is 0. The summed E-state index contributed by atoms with van der Waals surface area (Å²) < 4.78 is 47.0. The van der Waals surface area contributed by atoms with Crippen molar-refractivity contribution in [3.63, 3.8) is 0 Å². The number of hydrogen-bond donors (Lipinski definition) is 2. The molecule has 1 saturated carbocycles. The molecule has 5 rings (SSSR count). The van der Waals surface area contributed by atoms with Gasteiger partial charge in [0.2, 0.25) is 0 Å². The molecular formula is C25H23F3N8O. The first kappa shape index (κ1) is 24.3. The lowest BCUT2D eigenvalue weighted by Gasteiger charge is -2.31. The van der Waals surface area contributed by atoms with Gasteiger partial charge in [-0.15, -0.1) is 0 Å². The zero-order valence-electron chi connectivity index (χ0n) is 19.6. The molecule has 4 aromatic rings. The zero-order valence-corrected chi connectivity index (χ0v) is 19.6. The first-order valence-corrected chi connectivity index (χ1v) is 11.7. The zero-order chi connectivity index (χ0) is 25.9. The lowest BCUT2D eigenvalue weighted by atomic mass is 9.83. The molecule has 0 spiro atoms. The monoisotopic (exact) mass is 508 g/mol. The van der Waals surface area contributed by atoms with E-state index in [9.17, 15) is 13.2 Å². The standard InChI is InChI=1S/C25H23F3N8O/c26-15-6-8-31-17(10-15)14-3-1-4-16(9-14)36-20-11-18(23(30)34-13-29)33-12-19(20)35-24(36)22-21(37-25(27)28)5-2-7-32-22/h2,5-8,10-14,16,25H,1,3-4,9H2,(H3,29,30,34). The van der Waals surface area contributed by atoms with Crippen LogP contribution < -0.4 is 10.5 Å². The number of halogens is 3. The number of nitrogens with two attached hydrogens (primary N) is 1. The average molecular weight is 509 g/mol. The van der Waals surface area contributed by atoms with Crippen LogP contribution in [0.4, 0.5) is 13.2 Å². The smallest absolute Gasteiger partial charge is 0.387 e. The maximum atomic E-state index is 13.9. The highest BCUT2D eigenvalue weighted by molar-refractivity contribution is 6.01. The quantitative estimate of drug-likeness (QED) is 0.272. The third-order valence-corrected chi connectivity index (χ3v) is 6.41. The highest BCUT2D eigenvalue weighted by atomic mass is 19.3. The molecule has 4 heterocycles. The lowest BCUT2D eigenvalue weighted by molar-refractivity contribution is -0.0496. The van der Waals surface area contributed by atoms with Crippen LogP contribution in [0.5, 0.6) is 5.75 Å². The number of aromatic nitrogens is 5. The Morgan fingerprint density at radius 3 is 2.84 bits per heavy atom.